The van der Waals surface area contributed by atoms with Gasteiger partial charge in [0.15, 0.2) is 0 Å². The Hall–Kier alpha value is -2.05. The van der Waals surface area contributed by atoms with E-state index in [1.54, 1.807) is 0 Å². The molecule has 118 valence electrons. The summed E-state index contributed by atoms with van der Waals surface area (Å²) in [5.74, 6) is 0. The van der Waals surface area contributed by atoms with Crippen LogP contribution < -0.4 is 21.1 Å². The number of benzene rings is 2. The Bertz CT molecular complexity index is 759. The van der Waals surface area contributed by atoms with Gasteiger partial charge < -0.3 is 5.01 Å². The average Bonchev–Trinajstić information content (AvgIpc) is 3.01. The zero-order chi connectivity index (χ0) is 16.4. The molecule has 1 aromatic heterocycles. The van der Waals surface area contributed by atoms with E-state index in [0.29, 0.717) is 0 Å². The summed E-state index contributed by atoms with van der Waals surface area (Å²) in [5.41, 5.74) is 4.07. The van der Waals surface area contributed by atoms with Gasteiger partial charge in [0.2, 0.25) is 0 Å². The molecule has 0 atom stereocenters. The minimum atomic E-state index is -0.583. The van der Waals surface area contributed by atoms with Crippen LogP contribution in [0.1, 0.15) is 11.1 Å². The van der Waals surface area contributed by atoms with Crippen molar-refractivity contribution in [2.45, 2.75) is 13.8 Å². The first-order chi connectivity index (χ1) is 11.1. The summed E-state index contributed by atoms with van der Waals surface area (Å²) in [6.07, 6.45) is 2.14. The molecule has 3 rings (SSSR count). The summed E-state index contributed by atoms with van der Waals surface area (Å²) in [6, 6.07) is 21.9. The Morgan fingerprint density at radius 3 is 1.74 bits per heavy atom. The zero-order valence-electron chi connectivity index (χ0n) is 14.2. The molecule has 3 heteroatoms. The molecule has 0 N–H and O–H groups in total. The van der Waals surface area contributed by atoms with Crippen LogP contribution in [0.25, 0.3) is 0 Å². The first-order valence-corrected chi connectivity index (χ1v) is 9.20. The fourth-order valence-corrected chi connectivity index (χ4v) is 5.65. The second kappa shape index (κ2) is 6.60. The van der Waals surface area contributed by atoms with E-state index in [1.165, 1.54) is 27.2 Å². The molecular formula is C20H23N2P. The van der Waals surface area contributed by atoms with Gasteiger partial charge >= 0.3 is 0 Å². The Morgan fingerprint density at radius 2 is 1.26 bits per heavy atom. The second-order valence-electron chi connectivity index (χ2n) is 5.97. The van der Waals surface area contributed by atoms with Crippen LogP contribution in [0.15, 0.2) is 66.9 Å². The van der Waals surface area contributed by atoms with Crippen molar-refractivity contribution in [2.75, 3.05) is 19.1 Å². The van der Waals surface area contributed by atoms with Gasteiger partial charge in [0.05, 0.1) is 5.44 Å². The molecule has 0 aliphatic heterocycles. The molecule has 0 radical (unpaired) electrons. The highest BCUT2D eigenvalue weighted by molar-refractivity contribution is 7.79. The minimum absolute atomic E-state index is 0.583. The van der Waals surface area contributed by atoms with Crippen LogP contribution in [0.5, 0.6) is 0 Å². The molecule has 0 amide bonds. The highest BCUT2D eigenvalue weighted by Gasteiger charge is 2.23. The molecule has 0 fully saturated rings. The van der Waals surface area contributed by atoms with Crippen molar-refractivity contribution in [3.05, 3.63) is 78.0 Å². The number of rotatable bonds is 4. The lowest BCUT2D eigenvalue weighted by Crippen LogP contribution is -2.36. The van der Waals surface area contributed by atoms with Crippen LogP contribution in [-0.4, -0.2) is 18.8 Å². The quantitative estimate of drug-likeness (QED) is 0.670. The third kappa shape index (κ3) is 3.04. The van der Waals surface area contributed by atoms with E-state index in [1.807, 2.05) is 0 Å². The van der Waals surface area contributed by atoms with Gasteiger partial charge in [-0.1, -0.05) is 48.5 Å². The summed E-state index contributed by atoms with van der Waals surface area (Å²) in [5, 5.41) is 5.00. The minimum Gasteiger partial charge on any atom is -0.319 e. The molecule has 0 unspecified atom stereocenters. The van der Waals surface area contributed by atoms with E-state index in [-0.39, 0.29) is 0 Å². The lowest BCUT2D eigenvalue weighted by molar-refractivity contribution is 0.756. The van der Waals surface area contributed by atoms with Crippen LogP contribution in [0.2, 0.25) is 0 Å². The van der Waals surface area contributed by atoms with Gasteiger partial charge in [-0.2, -0.15) is 0 Å². The van der Waals surface area contributed by atoms with E-state index in [4.69, 9.17) is 0 Å². The van der Waals surface area contributed by atoms with Crippen LogP contribution >= 0.6 is 7.92 Å². The van der Waals surface area contributed by atoms with E-state index >= 15 is 0 Å². The van der Waals surface area contributed by atoms with Crippen molar-refractivity contribution in [2.24, 2.45) is 0 Å². The number of aromatic nitrogens is 1. The first kappa shape index (κ1) is 15.8. The van der Waals surface area contributed by atoms with Crippen molar-refractivity contribution < 1.29 is 0 Å². The fraction of sp³-hybridized carbons (Fsp3) is 0.200. The van der Waals surface area contributed by atoms with E-state index in [0.717, 1.165) is 0 Å². The SMILES string of the molecule is Cc1ccccc1P(c1ccccc1C)c1cccn1N(C)C. The molecule has 23 heavy (non-hydrogen) atoms. The van der Waals surface area contributed by atoms with E-state index in [2.05, 4.69) is 104 Å². The number of hydrogen-bond acceptors (Lipinski definition) is 1. The Balaban J connectivity index is 2.25. The standard InChI is InChI=1S/C20H23N2P/c1-16-10-5-7-12-18(16)23(19-13-8-6-11-17(19)2)20-14-9-15-22(20)21(3)4/h5-15H,1-4H3. The molecule has 0 saturated carbocycles. The van der Waals surface area contributed by atoms with Crippen LogP contribution in [0, 0.1) is 13.8 Å². The molecule has 0 spiro atoms. The van der Waals surface area contributed by atoms with Crippen molar-refractivity contribution in [1.29, 1.82) is 0 Å². The number of aryl methyl sites for hydroxylation is 2. The predicted molar refractivity (Wildman–Crippen MR) is 103 cm³/mol. The Morgan fingerprint density at radius 1 is 0.739 bits per heavy atom. The fourth-order valence-electron chi connectivity index (χ4n) is 2.88. The number of hydrogen-bond donors (Lipinski definition) is 0. The largest absolute Gasteiger partial charge is 0.319 e. The third-order valence-corrected chi connectivity index (χ3v) is 6.86. The smallest absolute Gasteiger partial charge is 0.0713 e. The monoisotopic (exact) mass is 322 g/mol. The molecule has 0 saturated heterocycles. The lowest BCUT2D eigenvalue weighted by atomic mass is 10.2. The summed E-state index contributed by atoms with van der Waals surface area (Å²) in [7, 11) is 3.60. The predicted octanol–water partition coefficient (Wildman–Crippen LogP) is 3.06. The van der Waals surface area contributed by atoms with E-state index < -0.39 is 7.92 Å². The third-order valence-electron chi connectivity index (χ3n) is 4.08. The van der Waals surface area contributed by atoms with Crippen LogP contribution in [0.3, 0.4) is 0 Å². The van der Waals surface area contributed by atoms with Crippen LogP contribution in [-0.2, 0) is 0 Å². The molecule has 0 bridgehead atoms. The molecule has 0 aliphatic rings. The maximum Gasteiger partial charge on any atom is 0.0713 e. The first-order valence-electron chi connectivity index (χ1n) is 7.86. The van der Waals surface area contributed by atoms with Crippen LogP contribution in [0.4, 0.5) is 0 Å². The highest BCUT2D eigenvalue weighted by Crippen LogP contribution is 2.35. The Kier molecular flexibility index (Phi) is 4.54. The van der Waals surface area contributed by atoms with Crippen molar-refractivity contribution >= 4 is 24.0 Å². The summed E-state index contributed by atoms with van der Waals surface area (Å²) in [6.45, 7) is 4.43. The Labute approximate surface area is 140 Å². The van der Waals surface area contributed by atoms with Crippen molar-refractivity contribution in [3.8, 4) is 0 Å². The van der Waals surface area contributed by atoms with Crippen molar-refractivity contribution in [1.82, 2.24) is 4.68 Å². The topological polar surface area (TPSA) is 8.17 Å². The number of nitrogens with zero attached hydrogens (tertiary/aromatic N) is 2. The molecule has 2 aromatic carbocycles. The van der Waals surface area contributed by atoms with Gasteiger partial charge in [0.1, 0.15) is 0 Å². The summed E-state index contributed by atoms with van der Waals surface area (Å²) < 4.78 is 2.25. The summed E-state index contributed by atoms with van der Waals surface area (Å²) in [4.78, 5) is 0. The summed E-state index contributed by atoms with van der Waals surface area (Å²) >= 11 is 0. The molecule has 0 aliphatic carbocycles. The highest BCUT2D eigenvalue weighted by atomic mass is 31.1. The molecular weight excluding hydrogens is 299 g/mol. The van der Waals surface area contributed by atoms with Crippen molar-refractivity contribution in [3.63, 3.8) is 0 Å². The van der Waals surface area contributed by atoms with Gasteiger partial charge in [-0.25, -0.2) is 0 Å². The molecule has 2 nitrogen and oxygen atoms in total. The average molecular weight is 322 g/mol. The second-order valence-corrected chi connectivity index (χ2v) is 8.06. The maximum atomic E-state index is 2.28. The zero-order valence-corrected chi connectivity index (χ0v) is 15.1. The lowest BCUT2D eigenvalue weighted by Gasteiger charge is -2.27. The van der Waals surface area contributed by atoms with Gasteiger partial charge in [-0.05, 0) is 47.7 Å². The molecule has 1 heterocycles. The van der Waals surface area contributed by atoms with E-state index in [9.17, 15) is 0 Å². The molecule has 3 aromatic rings. The van der Waals surface area contributed by atoms with Gasteiger partial charge in [-0.3, -0.25) is 4.68 Å². The maximum absolute atomic E-state index is 2.28. The van der Waals surface area contributed by atoms with Gasteiger partial charge in [-0.15, -0.1) is 0 Å². The normalized spacial score (nSPS) is 11.0. The van der Waals surface area contributed by atoms with Gasteiger partial charge in [0.25, 0.3) is 0 Å². The van der Waals surface area contributed by atoms with Gasteiger partial charge in [0, 0.05) is 28.2 Å².